The van der Waals surface area contributed by atoms with Gasteiger partial charge in [-0.25, -0.2) is 9.97 Å². The lowest BCUT2D eigenvalue weighted by molar-refractivity contribution is 0.102. The average molecular weight is 378 g/mol. The number of hydrogen-bond acceptors (Lipinski definition) is 5. The summed E-state index contributed by atoms with van der Waals surface area (Å²) in [6.07, 6.45) is 2.87. The fraction of sp³-hybridized carbons (Fsp3) is 0.100. The number of carbonyl (C=O) groups is 1. The Morgan fingerprint density at radius 2 is 1.78 bits per heavy atom. The predicted molar refractivity (Wildman–Crippen MR) is 105 cm³/mol. The zero-order valence-corrected chi connectivity index (χ0v) is 15.5. The summed E-state index contributed by atoms with van der Waals surface area (Å²) < 4.78 is 0. The van der Waals surface area contributed by atoms with Crippen molar-refractivity contribution in [2.24, 2.45) is 0 Å². The van der Waals surface area contributed by atoms with Crippen LogP contribution >= 0.6 is 11.6 Å². The normalized spacial score (nSPS) is 10.1. The maximum absolute atomic E-state index is 12.4. The summed E-state index contributed by atoms with van der Waals surface area (Å²) in [5.74, 6) is 0.00887. The monoisotopic (exact) mass is 377 g/mol. The summed E-state index contributed by atoms with van der Waals surface area (Å²) in [6, 6.07) is 12.7. The molecular formula is C20H16ClN5O. The number of carbonyl (C=O) groups excluding carboxylic acids is 1. The van der Waals surface area contributed by atoms with E-state index in [0.717, 1.165) is 16.8 Å². The lowest BCUT2D eigenvalue weighted by Crippen LogP contribution is -2.14. The van der Waals surface area contributed by atoms with Gasteiger partial charge in [0.05, 0.1) is 27.9 Å². The average Bonchev–Trinajstić information content (AvgIpc) is 2.65. The number of aryl methyl sites for hydroxylation is 2. The molecular weight excluding hydrogens is 362 g/mol. The van der Waals surface area contributed by atoms with Gasteiger partial charge in [-0.15, -0.1) is 0 Å². The van der Waals surface area contributed by atoms with Crippen molar-refractivity contribution in [2.75, 3.05) is 10.6 Å². The Kier molecular flexibility index (Phi) is 5.34. The molecule has 1 heterocycles. The molecule has 6 nitrogen and oxygen atoms in total. The lowest BCUT2D eigenvalue weighted by Gasteiger charge is -2.11. The van der Waals surface area contributed by atoms with Crippen LogP contribution in [0.15, 0.2) is 48.8 Å². The molecule has 0 aliphatic heterocycles. The van der Waals surface area contributed by atoms with Crippen molar-refractivity contribution in [3.8, 4) is 6.07 Å². The van der Waals surface area contributed by atoms with E-state index in [9.17, 15) is 4.79 Å². The molecule has 0 aliphatic carbocycles. The maximum atomic E-state index is 12.4. The molecule has 0 unspecified atom stereocenters. The van der Waals surface area contributed by atoms with Crippen LogP contribution in [0.25, 0.3) is 0 Å². The Morgan fingerprint density at radius 3 is 2.37 bits per heavy atom. The molecule has 1 aromatic heterocycles. The van der Waals surface area contributed by atoms with E-state index in [2.05, 4.69) is 26.7 Å². The van der Waals surface area contributed by atoms with Crippen molar-refractivity contribution in [2.45, 2.75) is 13.8 Å². The Bertz CT molecular complexity index is 1000. The first-order valence-corrected chi connectivity index (χ1v) is 8.51. The maximum Gasteiger partial charge on any atom is 0.258 e. The molecule has 1 amide bonds. The summed E-state index contributed by atoms with van der Waals surface area (Å²) in [7, 11) is 0. The molecule has 2 N–H and O–H groups in total. The minimum Gasteiger partial charge on any atom is -0.324 e. The van der Waals surface area contributed by atoms with Gasteiger partial charge in [0, 0.05) is 18.1 Å². The third kappa shape index (κ3) is 4.40. The number of amides is 1. The highest BCUT2D eigenvalue weighted by molar-refractivity contribution is 6.34. The van der Waals surface area contributed by atoms with Gasteiger partial charge in [-0.05, 0) is 55.3 Å². The Hall–Kier alpha value is -3.43. The van der Waals surface area contributed by atoms with Gasteiger partial charge in [0.2, 0.25) is 5.95 Å². The van der Waals surface area contributed by atoms with Crippen molar-refractivity contribution >= 4 is 34.8 Å². The molecule has 3 aromatic rings. The number of aromatic nitrogens is 2. The first kappa shape index (κ1) is 18.4. The first-order chi connectivity index (χ1) is 13.0. The quantitative estimate of drug-likeness (QED) is 0.692. The van der Waals surface area contributed by atoms with Gasteiger partial charge < -0.3 is 10.6 Å². The van der Waals surface area contributed by atoms with Crippen molar-refractivity contribution in [1.29, 1.82) is 5.26 Å². The largest absolute Gasteiger partial charge is 0.324 e. The van der Waals surface area contributed by atoms with Crippen LogP contribution in [0.5, 0.6) is 0 Å². The number of nitrogens with zero attached hydrogens (tertiary/aromatic N) is 3. The van der Waals surface area contributed by atoms with E-state index < -0.39 is 0 Å². The van der Waals surface area contributed by atoms with Crippen molar-refractivity contribution in [3.63, 3.8) is 0 Å². The Morgan fingerprint density at radius 1 is 1.11 bits per heavy atom. The molecule has 0 saturated heterocycles. The fourth-order valence-electron chi connectivity index (χ4n) is 2.53. The van der Waals surface area contributed by atoms with E-state index in [1.807, 2.05) is 19.9 Å². The second kappa shape index (κ2) is 7.85. The summed E-state index contributed by atoms with van der Waals surface area (Å²) >= 11 is 6.23. The number of nitrogens with one attached hydrogen (secondary N) is 2. The smallest absolute Gasteiger partial charge is 0.258 e. The summed E-state index contributed by atoms with van der Waals surface area (Å²) in [5, 5.41) is 15.1. The van der Waals surface area contributed by atoms with E-state index in [4.69, 9.17) is 16.9 Å². The van der Waals surface area contributed by atoms with Crippen LogP contribution in [-0.2, 0) is 0 Å². The topological polar surface area (TPSA) is 90.7 Å². The number of nitriles is 1. The highest BCUT2D eigenvalue weighted by atomic mass is 35.5. The van der Waals surface area contributed by atoms with Crippen LogP contribution in [0, 0.1) is 25.2 Å². The van der Waals surface area contributed by atoms with E-state index in [0.29, 0.717) is 27.8 Å². The van der Waals surface area contributed by atoms with Crippen LogP contribution < -0.4 is 10.6 Å². The third-order valence-electron chi connectivity index (χ3n) is 3.85. The van der Waals surface area contributed by atoms with Gasteiger partial charge in [-0.1, -0.05) is 17.7 Å². The van der Waals surface area contributed by atoms with Gasteiger partial charge in [-0.2, -0.15) is 5.26 Å². The number of rotatable bonds is 4. The third-order valence-corrected chi connectivity index (χ3v) is 4.15. The minimum atomic E-state index is -0.339. The molecule has 3 rings (SSSR count). The molecule has 27 heavy (non-hydrogen) atoms. The van der Waals surface area contributed by atoms with Crippen LogP contribution in [0.4, 0.5) is 17.3 Å². The van der Waals surface area contributed by atoms with Gasteiger partial charge in [-0.3, -0.25) is 4.79 Å². The molecule has 2 aromatic carbocycles. The number of benzene rings is 2. The molecule has 0 aliphatic rings. The van der Waals surface area contributed by atoms with Crippen molar-refractivity contribution < 1.29 is 4.79 Å². The van der Waals surface area contributed by atoms with Gasteiger partial charge in [0.25, 0.3) is 5.91 Å². The van der Waals surface area contributed by atoms with Crippen LogP contribution in [0.1, 0.15) is 27.0 Å². The molecule has 0 atom stereocenters. The SMILES string of the molecule is Cc1cc(C)c(NC(=O)c2cnc(Nc3ccc(C#N)cc3)nc2)c(Cl)c1. The summed E-state index contributed by atoms with van der Waals surface area (Å²) in [4.78, 5) is 20.8. The van der Waals surface area contributed by atoms with Crippen LogP contribution in [0.3, 0.4) is 0 Å². The van der Waals surface area contributed by atoms with Crippen LogP contribution in [0.2, 0.25) is 5.02 Å². The van der Waals surface area contributed by atoms with Gasteiger partial charge in [0.1, 0.15) is 0 Å². The minimum absolute atomic E-state index is 0.316. The Labute approximate surface area is 161 Å². The fourth-order valence-corrected chi connectivity index (χ4v) is 2.90. The summed E-state index contributed by atoms with van der Waals surface area (Å²) in [6.45, 7) is 3.83. The molecule has 0 radical (unpaired) electrons. The van der Waals surface area contributed by atoms with Crippen LogP contribution in [-0.4, -0.2) is 15.9 Å². The molecule has 7 heteroatoms. The number of anilines is 3. The molecule has 0 fully saturated rings. The van der Waals surface area contributed by atoms with Crippen molar-refractivity contribution in [1.82, 2.24) is 9.97 Å². The molecule has 0 saturated carbocycles. The van der Waals surface area contributed by atoms with E-state index >= 15 is 0 Å². The highest BCUT2D eigenvalue weighted by Crippen LogP contribution is 2.27. The van der Waals surface area contributed by atoms with E-state index in [1.165, 1.54) is 12.4 Å². The van der Waals surface area contributed by atoms with Gasteiger partial charge in [0.15, 0.2) is 0 Å². The Balaban J connectivity index is 1.71. The van der Waals surface area contributed by atoms with Crippen molar-refractivity contribution in [3.05, 3.63) is 76.1 Å². The van der Waals surface area contributed by atoms with Gasteiger partial charge >= 0.3 is 0 Å². The number of halogens is 1. The predicted octanol–water partition coefficient (Wildman–Crippen LogP) is 4.61. The lowest BCUT2D eigenvalue weighted by atomic mass is 10.1. The molecule has 0 spiro atoms. The van der Waals surface area contributed by atoms with E-state index in [-0.39, 0.29) is 5.91 Å². The highest BCUT2D eigenvalue weighted by Gasteiger charge is 2.12. The second-order valence-electron chi connectivity index (χ2n) is 6.00. The first-order valence-electron chi connectivity index (χ1n) is 8.13. The molecule has 0 bridgehead atoms. The number of hydrogen-bond donors (Lipinski definition) is 2. The zero-order chi connectivity index (χ0) is 19.4. The summed E-state index contributed by atoms with van der Waals surface area (Å²) in [5.41, 5.74) is 4.11. The van der Waals surface area contributed by atoms with E-state index in [1.54, 1.807) is 30.3 Å². The second-order valence-corrected chi connectivity index (χ2v) is 6.41. The standard InChI is InChI=1S/C20H16ClN5O/c1-12-7-13(2)18(17(21)8-12)26-19(27)15-10-23-20(24-11-15)25-16-5-3-14(9-22)4-6-16/h3-8,10-11H,1-2H3,(H,26,27)(H,23,24,25). The molecule has 134 valence electrons. The zero-order valence-electron chi connectivity index (χ0n) is 14.7.